The van der Waals surface area contributed by atoms with Crippen LogP contribution in [0, 0.1) is 11.8 Å². The molecule has 1 aliphatic heterocycles. The van der Waals surface area contributed by atoms with Gasteiger partial charge >= 0.3 is 0 Å². The molecular formula is C24H29N3O4S. The molecule has 32 heavy (non-hydrogen) atoms. The van der Waals surface area contributed by atoms with Gasteiger partial charge in [0, 0.05) is 37.9 Å². The number of sulfonamides is 1. The number of hydrogen-bond donors (Lipinski definition) is 1. The molecule has 1 fully saturated rings. The number of nitrogens with one attached hydrogen (secondary N) is 1. The highest BCUT2D eigenvalue weighted by molar-refractivity contribution is 7.89. The molecule has 2 aromatic carbocycles. The van der Waals surface area contributed by atoms with Gasteiger partial charge in [-0.3, -0.25) is 9.59 Å². The number of carbonyl (C=O) groups is 2. The zero-order valence-corrected chi connectivity index (χ0v) is 19.3. The molecule has 7 nitrogen and oxygen atoms in total. The van der Waals surface area contributed by atoms with Gasteiger partial charge in [0.25, 0.3) is 0 Å². The minimum Gasteiger partial charge on any atom is -0.326 e. The molecule has 0 aromatic heterocycles. The van der Waals surface area contributed by atoms with Crippen LogP contribution in [-0.2, 0) is 26.0 Å². The van der Waals surface area contributed by atoms with Gasteiger partial charge in [-0.2, -0.15) is 0 Å². The van der Waals surface area contributed by atoms with Crippen molar-refractivity contribution in [1.82, 2.24) is 4.31 Å². The molecule has 0 saturated heterocycles. The van der Waals surface area contributed by atoms with Gasteiger partial charge in [0.2, 0.25) is 21.8 Å². The summed E-state index contributed by atoms with van der Waals surface area (Å²) in [6.07, 6.45) is 3.98. The summed E-state index contributed by atoms with van der Waals surface area (Å²) in [6.45, 7) is 0.646. The normalized spacial score (nSPS) is 20.8. The number of carbonyl (C=O) groups excluding carboxylic acids is 2. The predicted octanol–water partition coefficient (Wildman–Crippen LogP) is 3.27. The van der Waals surface area contributed by atoms with Crippen molar-refractivity contribution in [2.45, 2.75) is 37.0 Å². The van der Waals surface area contributed by atoms with Crippen molar-refractivity contribution in [3.05, 3.63) is 54.1 Å². The van der Waals surface area contributed by atoms with Crippen molar-refractivity contribution in [3.63, 3.8) is 0 Å². The van der Waals surface area contributed by atoms with Gasteiger partial charge in [0.15, 0.2) is 0 Å². The predicted molar refractivity (Wildman–Crippen MR) is 124 cm³/mol. The summed E-state index contributed by atoms with van der Waals surface area (Å²) in [7, 11) is -0.667. The van der Waals surface area contributed by atoms with Crippen molar-refractivity contribution in [3.8, 4) is 0 Å². The lowest BCUT2D eigenvalue weighted by molar-refractivity contribution is -0.132. The Balaban J connectivity index is 1.52. The first-order valence-corrected chi connectivity index (χ1v) is 12.5. The Morgan fingerprint density at radius 2 is 1.72 bits per heavy atom. The summed E-state index contributed by atoms with van der Waals surface area (Å²) in [5.74, 6) is -1.02. The van der Waals surface area contributed by atoms with E-state index in [1.54, 1.807) is 12.1 Å². The highest BCUT2D eigenvalue weighted by Gasteiger charge is 2.39. The quantitative estimate of drug-likeness (QED) is 0.750. The maximum atomic E-state index is 13.5. The fraction of sp³-hybridized carbons (Fsp3) is 0.417. The topological polar surface area (TPSA) is 86.8 Å². The molecule has 8 heteroatoms. The van der Waals surface area contributed by atoms with Crippen LogP contribution in [0.4, 0.5) is 11.4 Å². The molecule has 170 valence electrons. The van der Waals surface area contributed by atoms with Crippen LogP contribution in [0.5, 0.6) is 0 Å². The number of rotatable bonds is 5. The molecular weight excluding hydrogens is 426 g/mol. The summed E-state index contributed by atoms with van der Waals surface area (Å²) in [6, 6.07) is 14.2. The Labute approximate surface area is 189 Å². The zero-order valence-electron chi connectivity index (χ0n) is 18.5. The maximum absolute atomic E-state index is 13.5. The van der Waals surface area contributed by atoms with Crippen LogP contribution in [0.25, 0.3) is 0 Å². The average Bonchev–Trinajstić information content (AvgIpc) is 3.23. The van der Waals surface area contributed by atoms with Crippen LogP contribution < -0.4 is 10.2 Å². The van der Waals surface area contributed by atoms with E-state index in [1.807, 2.05) is 29.2 Å². The molecule has 0 spiro atoms. The largest absolute Gasteiger partial charge is 0.326 e. The van der Waals surface area contributed by atoms with Gasteiger partial charge < -0.3 is 10.2 Å². The number of fused-ring (bicyclic) bond motifs is 1. The molecule has 1 heterocycles. The third kappa shape index (κ3) is 4.29. The zero-order chi connectivity index (χ0) is 22.9. The molecule has 0 bridgehead atoms. The second-order valence-electron chi connectivity index (χ2n) is 8.67. The minimum absolute atomic E-state index is 0.0127. The van der Waals surface area contributed by atoms with E-state index in [0.29, 0.717) is 25.1 Å². The Morgan fingerprint density at radius 3 is 2.47 bits per heavy atom. The Bertz CT molecular complexity index is 1130. The van der Waals surface area contributed by atoms with E-state index in [1.165, 1.54) is 26.2 Å². The molecule has 4 rings (SSSR count). The van der Waals surface area contributed by atoms with Crippen molar-refractivity contribution >= 4 is 33.2 Å². The number of anilines is 2. The molecule has 1 aliphatic carbocycles. The van der Waals surface area contributed by atoms with Crippen molar-refractivity contribution in [2.24, 2.45) is 11.8 Å². The smallest absolute Gasteiger partial charge is 0.242 e. The van der Waals surface area contributed by atoms with Gasteiger partial charge in [-0.15, -0.1) is 0 Å². The fourth-order valence-corrected chi connectivity index (χ4v) is 5.64. The van der Waals surface area contributed by atoms with Gasteiger partial charge in [0.05, 0.1) is 10.8 Å². The van der Waals surface area contributed by atoms with E-state index in [9.17, 15) is 18.0 Å². The fourth-order valence-electron chi connectivity index (χ4n) is 4.69. The number of para-hydroxylation sites is 1. The summed E-state index contributed by atoms with van der Waals surface area (Å²) in [4.78, 5) is 28.6. The van der Waals surface area contributed by atoms with Crippen LogP contribution in [0.15, 0.2) is 53.4 Å². The summed E-state index contributed by atoms with van der Waals surface area (Å²) >= 11 is 0. The monoisotopic (exact) mass is 455 g/mol. The van der Waals surface area contributed by atoms with E-state index >= 15 is 0 Å². The summed E-state index contributed by atoms with van der Waals surface area (Å²) in [5, 5.41) is 2.87. The molecule has 0 radical (unpaired) electrons. The van der Waals surface area contributed by atoms with Crippen LogP contribution in [-0.4, -0.2) is 45.2 Å². The summed E-state index contributed by atoms with van der Waals surface area (Å²) in [5.41, 5.74) is 2.53. The highest BCUT2D eigenvalue weighted by Crippen LogP contribution is 2.36. The SMILES string of the molecule is CN(C)S(=O)(=O)c1cccc(NC(=O)C2CCCCC2C(=O)N2CCc3ccccc32)c1. The van der Waals surface area contributed by atoms with E-state index in [4.69, 9.17) is 0 Å². The second-order valence-corrected chi connectivity index (χ2v) is 10.8. The first-order chi connectivity index (χ1) is 15.3. The average molecular weight is 456 g/mol. The third-order valence-corrected chi connectivity index (χ3v) is 8.26. The number of hydrogen-bond acceptors (Lipinski definition) is 4. The molecule has 2 amide bonds. The molecule has 2 atom stereocenters. The minimum atomic E-state index is -3.60. The second kappa shape index (κ2) is 9.03. The van der Waals surface area contributed by atoms with Crippen LogP contribution in [0.2, 0.25) is 0 Å². The lowest BCUT2D eigenvalue weighted by Gasteiger charge is -2.32. The van der Waals surface area contributed by atoms with Crippen LogP contribution >= 0.6 is 0 Å². The first-order valence-electron chi connectivity index (χ1n) is 11.0. The Hall–Kier alpha value is -2.71. The van der Waals surface area contributed by atoms with E-state index < -0.39 is 15.9 Å². The van der Waals surface area contributed by atoms with Gasteiger partial charge in [-0.05, 0) is 49.1 Å². The van der Waals surface area contributed by atoms with Gasteiger partial charge in [0.1, 0.15) is 0 Å². The van der Waals surface area contributed by atoms with Gasteiger partial charge in [-0.25, -0.2) is 12.7 Å². The molecule has 2 aliphatic rings. The lowest BCUT2D eigenvalue weighted by Crippen LogP contribution is -2.43. The summed E-state index contributed by atoms with van der Waals surface area (Å²) < 4.78 is 26.0. The van der Waals surface area contributed by atoms with Crippen molar-refractivity contribution in [2.75, 3.05) is 30.9 Å². The van der Waals surface area contributed by atoms with E-state index in [2.05, 4.69) is 5.32 Å². The molecule has 1 saturated carbocycles. The van der Waals surface area contributed by atoms with Crippen LogP contribution in [0.3, 0.4) is 0 Å². The van der Waals surface area contributed by atoms with E-state index in [-0.39, 0.29) is 22.6 Å². The van der Waals surface area contributed by atoms with Crippen LogP contribution in [0.1, 0.15) is 31.2 Å². The highest BCUT2D eigenvalue weighted by atomic mass is 32.2. The van der Waals surface area contributed by atoms with Gasteiger partial charge in [-0.1, -0.05) is 37.1 Å². The Kier molecular flexibility index (Phi) is 6.35. The number of benzene rings is 2. The van der Waals surface area contributed by atoms with Crippen molar-refractivity contribution in [1.29, 1.82) is 0 Å². The number of amides is 2. The standard InChI is InChI=1S/C24H29N3O4S/c1-26(2)32(30,31)19-10-7-9-18(16-19)25-23(28)20-11-4-5-12-21(20)24(29)27-15-14-17-8-3-6-13-22(17)27/h3,6-10,13,16,20-21H,4-5,11-12,14-15H2,1-2H3,(H,25,28). The first kappa shape index (κ1) is 22.5. The number of nitrogens with zero attached hydrogens (tertiary/aromatic N) is 2. The molecule has 2 unspecified atom stereocenters. The lowest BCUT2D eigenvalue weighted by atomic mass is 9.77. The Morgan fingerprint density at radius 1 is 1.00 bits per heavy atom. The van der Waals surface area contributed by atoms with Crippen molar-refractivity contribution < 1.29 is 18.0 Å². The molecule has 2 aromatic rings. The maximum Gasteiger partial charge on any atom is 0.242 e. The van der Waals surface area contributed by atoms with E-state index in [0.717, 1.165) is 34.8 Å². The third-order valence-electron chi connectivity index (χ3n) is 6.45. The molecule has 1 N–H and O–H groups in total.